The number of thiophene rings is 1. The van der Waals surface area contributed by atoms with E-state index in [1.807, 2.05) is 31.2 Å². The highest BCUT2D eigenvalue weighted by Gasteiger charge is 2.25. The molecule has 0 fully saturated rings. The largest absolute Gasteiger partial charge is 0.479 e. The van der Waals surface area contributed by atoms with Crippen molar-refractivity contribution in [2.75, 3.05) is 10.6 Å². The number of carbonyl (C=O) groups excluding carboxylic acids is 3. The van der Waals surface area contributed by atoms with Crippen molar-refractivity contribution in [1.82, 2.24) is 9.55 Å². The molecule has 1 atom stereocenters. The van der Waals surface area contributed by atoms with Gasteiger partial charge in [0.2, 0.25) is 0 Å². The first-order chi connectivity index (χ1) is 17.2. The highest BCUT2D eigenvalue weighted by atomic mass is 32.1. The number of ether oxygens (including phenoxy) is 1. The van der Waals surface area contributed by atoms with E-state index in [1.54, 1.807) is 26.0 Å². The van der Waals surface area contributed by atoms with E-state index in [4.69, 9.17) is 4.74 Å². The molecule has 4 aromatic rings. The number of hydrogen-bond donors (Lipinski definition) is 2. The van der Waals surface area contributed by atoms with E-state index in [1.165, 1.54) is 17.0 Å². The number of amides is 2. The Hall–Kier alpha value is -4.31. The molecule has 182 valence electrons. The SMILES string of the molecule is Cc1ccccc1NC(=O)c1sc2ncn(CC(=O)c3ccc4c(c3)NC(=O)C(C)O4)c(=O)c2c1C. The molecule has 2 N–H and O–H groups in total. The number of fused-ring (bicyclic) bond motifs is 2. The molecular weight excluding hydrogens is 480 g/mol. The number of aryl methyl sites for hydroxylation is 2. The van der Waals surface area contributed by atoms with E-state index >= 15 is 0 Å². The molecule has 10 heteroatoms. The van der Waals surface area contributed by atoms with Crippen molar-refractivity contribution in [3.05, 3.63) is 80.7 Å². The minimum absolute atomic E-state index is 0.244. The Morgan fingerprint density at radius 2 is 1.94 bits per heavy atom. The summed E-state index contributed by atoms with van der Waals surface area (Å²) in [5, 5.41) is 5.91. The van der Waals surface area contributed by atoms with Crippen LogP contribution in [-0.2, 0) is 11.3 Å². The molecule has 2 amide bonds. The van der Waals surface area contributed by atoms with Crippen LogP contribution in [0.1, 0.15) is 38.1 Å². The summed E-state index contributed by atoms with van der Waals surface area (Å²) in [6.07, 6.45) is 0.694. The van der Waals surface area contributed by atoms with Gasteiger partial charge in [-0.1, -0.05) is 18.2 Å². The lowest BCUT2D eigenvalue weighted by atomic mass is 10.1. The third-order valence-corrected chi connectivity index (χ3v) is 7.26. The zero-order valence-corrected chi connectivity index (χ0v) is 20.6. The first-order valence-corrected chi connectivity index (χ1v) is 12.0. The van der Waals surface area contributed by atoms with Gasteiger partial charge in [0.1, 0.15) is 10.6 Å². The quantitative estimate of drug-likeness (QED) is 0.399. The number of nitrogens with zero attached hydrogens (tertiary/aromatic N) is 2. The summed E-state index contributed by atoms with van der Waals surface area (Å²) in [6, 6.07) is 12.2. The van der Waals surface area contributed by atoms with Crippen LogP contribution in [-0.4, -0.2) is 33.3 Å². The molecule has 2 aromatic heterocycles. The number of carbonyl (C=O) groups is 3. The van der Waals surface area contributed by atoms with Crippen LogP contribution in [0.2, 0.25) is 0 Å². The third-order valence-electron chi connectivity index (χ3n) is 6.06. The number of Topliss-reactive ketones (excluding diaryl/α,β-unsaturated/α-hetero) is 1. The van der Waals surface area contributed by atoms with Crippen LogP contribution in [0.5, 0.6) is 5.75 Å². The van der Waals surface area contributed by atoms with Crippen LogP contribution in [0.25, 0.3) is 10.2 Å². The lowest BCUT2D eigenvalue weighted by molar-refractivity contribution is -0.122. The van der Waals surface area contributed by atoms with Crippen LogP contribution in [0, 0.1) is 13.8 Å². The Morgan fingerprint density at radius 1 is 1.17 bits per heavy atom. The molecule has 9 nitrogen and oxygen atoms in total. The van der Waals surface area contributed by atoms with Gasteiger partial charge in [-0.15, -0.1) is 11.3 Å². The maximum Gasteiger partial charge on any atom is 0.266 e. The maximum atomic E-state index is 13.2. The van der Waals surface area contributed by atoms with E-state index in [0.29, 0.717) is 43.3 Å². The molecule has 3 heterocycles. The average molecular weight is 503 g/mol. The van der Waals surface area contributed by atoms with E-state index < -0.39 is 11.7 Å². The number of aromatic nitrogens is 2. The van der Waals surface area contributed by atoms with Crippen LogP contribution in [0.4, 0.5) is 11.4 Å². The normalized spacial score (nSPS) is 14.6. The smallest absolute Gasteiger partial charge is 0.266 e. The molecule has 0 spiro atoms. The number of anilines is 2. The molecular formula is C26H22N4O5S. The molecule has 0 bridgehead atoms. The predicted octanol–water partition coefficient (Wildman–Crippen LogP) is 3.93. The van der Waals surface area contributed by atoms with Gasteiger partial charge in [0.05, 0.1) is 28.8 Å². The number of para-hydroxylation sites is 1. The van der Waals surface area contributed by atoms with Crippen LogP contribution in [0.15, 0.2) is 53.6 Å². The molecule has 36 heavy (non-hydrogen) atoms. The fourth-order valence-electron chi connectivity index (χ4n) is 4.01. The molecule has 1 aliphatic heterocycles. The van der Waals surface area contributed by atoms with Gasteiger partial charge in [-0.3, -0.25) is 23.7 Å². The number of ketones is 1. The maximum absolute atomic E-state index is 13.2. The predicted molar refractivity (Wildman–Crippen MR) is 137 cm³/mol. The Kier molecular flexibility index (Phi) is 5.89. The van der Waals surface area contributed by atoms with Gasteiger partial charge >= 0.3 is 0 Å². The second kappa shape index (κ2) is 9.04. The van der Waals surface area contributed by atoms with Crippen molar-refractivity contribution >= 4 is 50.5 Å². The van der Waals surface area contributed by atoms with Crippen molar-refractivity contribution < 1.29 is 19.1 Å². The Balaban J connectivity index is 1.41. The summed E-state index contributed by atoms with van der Waals surface area (Å²) in [4.78, 5) is 56.2. The lowest BCUT2D eigenvalue weighted by Crippen LogP contribution is -2.34. The van der Waals surface area contributed by atoms with E-state index in [2.05, 4.69) is 15.6 Å². The number of benzene rings is 2. The standard InChI is InChI=1S/C26H22N4O5S/c1-13-6-4-5-7-17(13)28-24(33)22-14(2)21-25(36-22)27-12-30(26(21)34)11-19(31)16-8-9-20-18(10-16)29-23(32)15(3)35-20/h4-10,12,15H,11H2,1-3H3,(H,28,33)(H,29,32). The number of hydrogen-bond acceptors (Lipinski definition) is 7. The summed E-state index contributed by atoms with van der Waals surface area (Å²) >= 11 is 1.14. The molecule has 1 unspecified atom stereocenters. The highest BCUT2D eigenvalue weighted by Crippen LogP contribution is 2.31. The van der Waals surface area contributed by atoms with Crippen molar-refractivity contribution in [3.8, 4) is 5.75 Å². The van der Waals surface area contributed by atoms with E-state index in [-0.39, 0.29) is 24.1 Å². The average Bonchev–Trinajstić information content (AvgIpc) is 3.19. The van der Waals surface area contributed by atoms with Gasteiger partial charge < -0.3 is 15.4 Å². The first-order valence-electron chi connectivity index (χ1n) is 11.2. The lowest BCUT2D eigenvalue weighted by Gasteiger charge is -2.23. The van der Waals surface area contributed by atoms with E-state index in [9.17, 15) is 19.2 Å². The molecule has 0 saturated heterocycles. The zero-order chi connectivity index (χ0) is 25.6. The molecule has 1 aliphatic rings. The topological polar surface area (TPSA) is 119 Å². The Bertz CT molecular complexity index is 1620. The summed E-state index contributed by atoms with van der Waals surface area (Å²) < 4.78 is 6.75. The van der Waals surface area contributed by atoms with Crippen molar-refractivity contribution in [2.45, 2.75) is 33.4 Å². The van der Waals surface area contributed by atoms with Crippen LogP contribution < -0.4 is 20.9 Å². The van der Waals surface area contributed by atoms with Gasteiger partial charge in [0.15, 0.2) is 11.9 Å². The summed E-state index contributed by atoms with van der Waals surface area (Å²) in [6.45, 7) is 4.99. The number of nitrogens with one attached hydrogen (secondary N) is 2. The zero-order valence-electron chi connectivity index (χ0n) is 19.7. The Labute approximate surface area is 209 Å². The minimum Gasteiger partial charge on any atom is -0.479 e. The Morgan fingerprint density at radius 3 is 2.72 bits per heavy atom. The van der Waals surface area contributed by atoms with Gasteiger partial charge in [-0.25, -0.2) is 4.98 Å². The monoisotopic (exact) mass is 502 g/mol. The number of rotatable bonds is 5. The molecule has 5 rings (SSSR count). The van der Waals surface area contributed by atoms with Gasteiger partial charge in [-0.05, 0) is 56.2 Å². The first kappa shape index (κ1) is 23.4. The summed E-state index contributed by atoms with van der Waals surface area (Å²) in [5.74, 6) is -0.476. The fourth-order valence-corrected chi connectivity index (χ4v) is 5.04. The van der Waals surface area contributed by atoms with Gasteiger partial charge in [0, 0.05) is 11.3 Å². The second-order valence-corrected chi connectivity index (χ2v) is 9.57. The molecule has 2 aromatic carbocycles. The summed E-state index contributed by atoms with van der Waals surface area (Å²) in [5.41, 5.74) is 2.45. The van der Waals surface area contributed by atoms with Crippen LogP contribution >= 0.6 is 11.3 Å². The van der Waals surface area contributed by atoms with Gasteiger partial charge in [0.25, 0.3) is 17.4 Å². The molecule has 0 saturated carbocycles. The van der Waals surface area contributed by atoms with Crippen molar-refractivity contribution in [2.24, 2.45) is 0 Å². The molecule has 0 radical (unpaired) electrons. The van der Waals surface area contributed by atoms with Crippen molar-refractivity contribution in [3.63, 3.8) is 0 Å². The van der Waals surface area contributed by atoms with E-state index in [0.717, 1.165) is 16.9 Å². The minimum atomic E-state index is -0.618. The van der Waals surface area contributed by atoms with Gasteiger partial charge in [-0.2, -0.15) is 0 Å². The third kappa shape index (κ3) is 4.16. The van der Waals surface area contributed by atoms with Crippen LogP contribution in [0.3, 0.4) is 0 Å². The fraction of sp³-hybridized carbons (Fsp3) is 0.192. The second-order valence-electron chi connectivity index (χ2n) is 8.57. The summed E-state index contributed by atoms with van der Waals surface area (Å²) in [7, 11) is 0. The van der Waals surface area contributed by atoms with Crippen molar-refractivity contribution in [1.29, 1.82) is 0 Å². The highest BCUT2D eigenvalue weighted by molar-refractivity contribution is 7.20. The molecule has 0 aliphatic carbocycles.